The summed E-state index contributed by atoms with van der Waals surface area (Å²) in [5, 5.41) is 130. The van der Waals surface area contributed by atoms with E-state index in [1.807, 2.05) is 18.2 Å². The second-order valence-corrected chi connectivity index (χ2v) is 16.8. The summed E-state index contributed by atoms with van der Waals surface area (Å²) in [6, 6.07) is -2.30. The summed E-state index contributed by atoms with van der Waals surface area (Å²) in [5.74, 6) is -0.558. The average Bonchev–Trinajstić information content (AvgIpc) is 3.31. The molecule has 67 heavy (non-hydrogen) atoms. The third-order valence-corrected chi connectivity index (χ3v) is 11.8. The molecule has 20 heteroatoms. The summed E-state index contributed by atoms with van der Waals surface area (Å²) >= 11 is 0. The van der Waals surface area contributed by atoms with E-state index in [2.05, 4.69) is 66.9 Å². The van der Waals surface area contributed by atoms with Crippen LogP contribution in [0.15, 0.2) is 84.6 Å². The fraction of sp³-hybridized carbons (Fsp3) is 0.681. The summed E-state index contributed by atoms with van der Waals surface area (Å²) in [6.07, 6.45) is 3.69. The van der Waals surface area contributed by atoms with Crippen molar-refractivity contribution < 1.29 is 94.5 Å². The Morgan fingerprint density at radius 3 is 1.61 bits per heavy atom. The van der Waals surface area contributed by atoms with Crippen molar-refractivity contribution in [2.45, 2.75) is 182 Å². The van der Waals surface area contributed by atoms with Gasteiger partial charge >= 0.3 is 5.97 Å². The smallest absolute Gasteiger partial charge is 0.306 e. The number of aliphatic hydroxyl groups excluding tert-OH is 12. The summed E-state index contributed by atoms with van der Waals surface area (Å²) in [6.45, 7) is 1.55. The third-order valence-electron chi connectivity index (χ3n) is 11.8. The molecule has 0 spiro atoms. The zero-order valence-corrected chi connectivity index (χ0v) is 38.0. The second-order valence-electron chi connectivity index (χ2n) is 16.8. The van der Waals surface area contributed by atoms with E-state index in [0.717, 1.165) is 32.1 Å². The molecule has 3 heterocycles. The van der Waals surface area contributed by atoms with Crippen LogP contribution in [0.4, 0.5) is 0 Å². The molecule has 4 aliphatic rings. The Balaban J connectivity index is 1.22. The molecular weight excluding hydrogens is 883 g/mol. The molecule has 0 aromatic rings. The molecule has 1 aliphatic carbocycles. The maximum atomic E-state index is 12.5. The number of hydrogen-bond acceptors (Lipinski definition) is 20. The van der Waals surface area contributed by atoms with Gasteiger partial charge in [-0.05, 0) is 57.4 Å². The minimum absolute atomic E-state index is 0.0564. The average molecular weight is 956 g/mol. The minimum Gasteiger partial charge on any atom is -0.461 e. The van der Waals surface area contributed by atoms with E-state index < -0.39 is 142 Å². The second kappa shape index (κ2) is 29.2. The highest BCUT2D eigenvalue weighted by Gasteiger charge is 2.53. The predicted octanol–water partition coefficient (Wildman–Crippen LogP) is -1.54. The van der Waals surface area contributed by atoms with Crippen molar-refractivity contribution in [1.82, 2.24) is 5.32 Å². The van der Waals surface area contributed by atoms with Crippen LogP contribution in [0.25, 0.3) is 0 Å². The van der Waals surface area contributed by atoms with Gasteiger partial charge in [0.2, 0.25) is 0 Å². The van der Waals surface area contributed by atoms with Crippen LogP contribution in [-0.4, -0.2) is 203 Å². The number of esters is 1. The number of rotatable bonds is 24. The van der Waals surface area contributed by atoms with Gasteiger partial charge in [-0.15, -0.1) is 0 Å². The highest BCUT2D eigenvalue weighted by Crippen LogP contribution is 2.33. The van der Waals surface area contributed by atoms with Gasteiger partial charge in [0.05, 0.1) is 31.4 Å². The van der Waals surface area contributed by atoms with E-state index >= 15 is 0 Å². The molecule has 3 aliphatic heterocycles. The van der Waals surface area contributed by atoms with Gasteiger partial charge in [0.15, 0.2) is 18.9 Å². The normalized spacial score (nSPS) is 38.9. The molecule has 3 saturated heterocycles. The Hall–Kier alpha value is -3.07. The fourth-order valence-corrected chi connectivity index (χ4v) is 7.88. The summed E-state index contributed by atoms with van der Waals surface area (Å²) < 4.78 is 33.1. The summed E-state index contributed by atoms with van der Waals surface area (Å²) in [7, 11) is 0. The summed E-state index contributed by atoms with van der Waals surface area (Å²) in [4.78, 5) is 12.5. The minimum atomic E-state index is -1.96. The lowest BCUT2D eigenvalue weighted by Gasteiger charge is -2.48. The number of carbonyl (C=O) groups excluding carboxylic acids is 1. The molecule has 380 valence electrons. The number of nitrogens with one attached hydrogen (secondary N) is 1. The Kier molecular flexibility index (Phi) is 24.6. The zero-order chi connectivity index (χ0) is 49.0. The number of carbonyl (C=O) groups is 1. The lowest BCUT2D eigenvalue weighted by Crippen LogP contribution is -2.68. The predicted molar refractivity (Wildman–Crippen MR) is 239 cm³/mol. The van der Waals surface area contributed by atoms with E-state index in [0.29, 0.717) is 12.8 Å². The van der Waals surface area contributed by atoms with E-state index in [-0.39, 0.29) is 12.0 Å². The number of hydrogen-bond donors (Lipinski definition) is 13. The third kappa shape index (κ3) is 16.5. The molecular formula is C47H73NO19. The first-order chi connectivity index (χ1) is 32.1. The van der Waals surface area contributed by atoms with Gasteiger partial charge in [-0.2, -0.15) is 0 Å². The van der Waals surface area contributed by atoms with E-state index in [1.54, 1.807) is 0 Å². The van der Waals surface area contributed by atoms with Gasteiger partial charge in [0.1, 0.15) is 86.0 Å². The van der Waals surface area contributed by atoms with Crippen LogP contribution in [-0.2, 0) is 33.2 Å². The Bertz CT molecular complexity index is 1670. The quantitative estimate of drug-likeness (QED) is 0.0385. The Morgan fingerprint density at radius 2 is 1.07 bits per heavy atom. The highest BCUT2D eigenvalue weighted by molar-refractivity contribution is 5.69. The van der Waals surface area contributed by atoms with Crippen molar-refractivity contribution in [1.29, 1.82) is 0 Å². The van der Waals surface area contributed by atoms with Crippen molar-refractivity contribution >= 4 is 5.97 Å². The van der Waals surface area contributed by atoms with Gasteiger partial charge in [0, 0.05) is 6.42 Å². The lowest BCUT2D eigenvalue weighted by molar-refractivity contribution is -0.373. The standard InChI is InChI=1S/C47H73NO19/c1-3-4-5-6-7-8-9-10-11-12-13-14-15-16-17-18-19-20-21-22-32(51)62-26-28-23-29(35(53)37(55)34(28)52)48-33-27(2)63-46(41(59)36(33)54)66-44-31(25-50)65-47(42(60)39(44)57)67-43-30(24-49)64-45(61)40(58)38(43)56/h4-5,7-8,10-11,13-14,16-17,19-20,23,27,29-31,33-50,52-61H,3,6,9,12,15,18,21-22,24-26H2,1-2H3/b5-4-,8-7-,11-10-,14-13-,17-16-,20-19-/t27-,29+,30-,31-,33-,34-,35+,36+,37+,38-,39-,40-,41-,42-,43-,44-,45?,46-,47-/m1/s1. The summed E-state index contributed by atoms with van der Waals surface area (Å²) in [5.41, 5.74) is 0.0755. The van der Waals surface area contributed by atoms with Crippen molar-refractivity contribution in [2.24, 2.45) is 0 Å². The lowest BCUT2D eigenvalue weighted by atomic mass is 9.86. The molecule has 1 unspecified atom stereocenters. The number of ether oxygens (including phenoxy) is 6. The molecule has 4 rings (SSSR count). The maximum Gasteiger partial charge on any atom is 0.306 e. The van der Waals surface area contributed by atoms with Crippen molar-refractivity contribution in [3.63, 3.8) is 0 Å². The number of allylic oxidation sites excluding steroid dienone is 12. The molecule has 0 amide bonds. The molecule has 0 radical (unpaired) electrons. The largest absolute Gasteiger partial charge is 0.461 e. The number of aliphatic hydroxyl groups is 12. The van der Waals surface area contributed by atoms with Crippen LogP contribution in [0.5, 0.6) is 0 Å². The van der Waals surface area contributed by atoms with Crippen molar-refractivity contribution in [2.75, 3.05) is 19.8 Å². The molecule has 13 N–H and O–H groups in total. The molecule has 0 aromatic heterocycles. The van der Waals surface area contributed by atoms with Crippen LogP contribution in [0.1, 0.15) is 65.2 Å². The van der Waals surface area contributed by atoms with Crippen LogP contribution >= 0.6 is 0 Å². The van der Waals surface area contributed by atoms with Crippen molar-refractivity contribution in [3.05, 3.63) is 84.6 Å². The fourth-order valence-electron chi connectivity index (χ4n) is 7.88. The van der Waals surface area contributed by atoms with Crippen molar-refractivity contribution in [3.8, 4) is 0 Å². The van der Waals surface area contributed by atoms with Crippen LogP contribution in [0, 0.1) is 0 Å². The highest BCUT2D eigenvalue weighted by atomic mass is 16.7. The molecule has 0 bridgehead atoms. The van der Waals surface area contributed by atoms with Gasteiger partial charge in [0.25, 0.3) is 0 Å². The Morgan fingerprint density at radius 1 is 0.597 bits per heavy atom. The maximum absolute atomic E-state index is 12.5. The van der Waals surface area contributed by atoms with E-state index in [9.17, 15) is 66.1 Å². The molecule has 20 nitrogen and oxygen atoms in total. The first kappa shape index (κ1) is 56.5. The molecule has 3 fully saturated rings. The molecule has 0 saturated carbocycles. The van der Waals surface area contributed by atoms with Gasteiger partial charge in [-0.25, -0.2) is 0 Å². The van der Waals surface area contributed by atoms with Crippen LogP contribution in [0.3, 0.4) is 0 Å². The zero-order valence-electron chi connectivity index (χ0n) is 38.0. The van der Waals surface area contributed by atoms with Crippen LogP contribution < -0.4 is 5.32 Å². The van der Waals surface area contributed by atoms with Gasteiger partial charge in [-0.3, -0.25) is 4.79 Å². The van der Waals surface area contributed by atoms with Gasteiger partial charge < -0.3 is 95.0 Å². The molecule has 0 aromatic carbocycles. The SMILES string of the molecule is CC/C=C\C/C=C\C/C=C\C/C=C\C/C=C\C/C=C\CCC(=O)OCC1=C[C@H](N[C@H]2[C@H](O)[C@@H](O)[C@@H](O[C@H]3[C@H](O)[C@@H](O)[C@@H](O[C@H]4[C@H](O)[C@@H](O)C(O)O[C@@H]4CO)O[C@@H]3CO)O[C@@H]2C)[C@H](O)[C@@H](O)[C@@H]1O. The topological polar surface area (TPSA) is 327 Å². The van der Waals surface area contributed by atoms with E-state index in [4.69, 9.17) is 28.4 Å². The first-order valence-electron chi connectivity index (χ1n) is 23.0. The monoisotopic (exact) mass is 955 g/mol. The Labute approximate surface area is 391 Å². The first-order valence-corrected chi connectivity index (χ1v) is 23.0. The molecule has 19 atom stereocenters. The van der Waals surface area contributed by atoms with Gasteiger partial charge in [-0.1, -0.05) is 85.9 Å². The van der Waals surface area contributed by atoms with Crippen LogP contribution in [0.2, 0.25) is 0 Å². The van der Waals surface area contributed by atoms with E-state index in [1.165, 1.54) is 13.0 Å².